The van der Waals surface area contributed by atoms with Crippen molar-refractivity contribution >= 4 is 15.7 Å². The van der Waals surface area contributed by atoms with Gasteiger partial charge in [-0.15, -0.1) is 0 Å². The summed E-state index contributed by atoms with van der Waals surface area (Å²) in [6.07, 6.45) is 3.27. The number of aromatic nitrogens is 1. The van der Waals surface area contributed by atoms with Crippen LogP contribution in [0.25, 0.3) is 0 Å². The van der Waals surface area contributed by atoms with Gasteiger partial charge in [0, 0.05) is 6.20 Å². The molecule has 112 valence electrons. The maximum atomic E-state index is 12.3. The van der Waals surface area contributed by atoms with Gasteiger partial charge in [-0.1, -0.05) is 38.5 Å². The summed E-state index contributed by atoms with van der Waals surface area (Å²) in [7, 11) is -3.58. The van der Waals surface area contributed by atoms with E-state index in [0.717, 1.165) is 11.1 Å². The number of nitrogens with one attached hydrogen (secondary N) is 1. The second kappa shape index (κ2) is 5.48. The standard InChI is InChI=1S/C16H20N2O2S/c1-12-5-7-15(8-6-12)21(19,20)18-14-9-13(10-17-11-14)16(2,3)4/h5-11,18H,1-4H3. The molecule has 0 fully saturated rings. The molecule has 0 saturated heterocycles. The van der Waals surface area contributed by atoms with Crippen molar-refractivity contribution in [3.8, 4) is 0 Å². The third-order valence-electron chi connectivity index (χ3n) is 3.19. The van der Waals surface area contributed by atoms with Gasteiger partial charge in [0.05, 0.1) is 16.8 Å². The first-order chi connectivity index (χ1) is 9.68. The fourth-order valence-corrected chi connectivity index (χ4v) is 2.87. The van der Waals surface area contributed by atoms with Gasteiger partial charge in [-0.25, -0.2) is 8.42 Å². The topological polar surface area (TPSA) is 59.1 Å². The number of benzene rings is 1. The Labute approximate surface area is 126 Å². The number of nitrogens with zero attached hydrogens (tertiary/aromatic N) is 1. The highest BCUT2D eigenvalue weighted by Crippen LogP contribution is 2.24. The van der Waals surface area contributed by atoms with Gasteiger partial charge >= 0.3 is 0 Å². The highest BCUT2D eigenvalue weighted by Gasteiger charge is 2.17. The van der Waals surface area contributed by atoms with Gasteiger partial charge < -0.3 is 0 Å². The van der Waals surface area contributed by atoms with Crippen LogP contribution in [0.15, 0.2) is 47.6 Å². The molecule has 0 unspecified atom stereocenters. The van der Waals surface area contributed by atoms with Gasteiger partial charge in [-0.2, -0.15) is 0 Å². The number of hydrogen-bond donors (Lipinski definition) is 1. The minimum atomic E-state index is -3.58. The van der Waals surface area contributed by atoms with Gasteiger partial charge in [0.15, 0.2) is 0 Å². The summed E-state index contributed by atoms with van der Waals surface area (Å²) in [5.41, 5.74) is 2.39. The van der Waals surface area contributed by atoms with E-state index < -0.39 is 10.0 Å². The summed E-state index contributed by atoms with van der Waals surface area (Å²) in [6, 6.07) is 8.56. The Balaban J connectivity index is 2.31. The predicted molar refractivity (Wildman–Crippen MR) is 84.9 cm³/mol. The van der Waals surface area contributed by atoms with Crippen molar-refractivity contribution in [2.75, 3.05) is 4.72 Å². The molecule has 1 N–H and O–H groups in total. The van der Waals surface area contributed by atoms with E-state index in [4.69, 9.17) is 0 Å². The molecule has 0 spiro atoms. The lowest BCUT2D eigenvalue weighted by molar-refractivity contribution is 0.587. The fraction of sp³-hybridized carbons (Fsp3) is 0.312. The Bertz CT molecular complexity index is 730. The number of sulfonamides is 1. The van der Waals surface area contributed by atoms with E-state index in [1.807, 2.05) is 13.0 Å². The highest BCUT2D eigenvalue weighted by atomic mass is 32.2. The van der Waals surface area contributed by atoms with Crippen LogP contribution < -0.4 is 4.72 Å². The lowest BCUT2D eigenvalue weighted by atomic mass is 9.88. The molecule has 0 aliphatic carbocycles. The third-order valence-corrected chi connectivity index (χ3v) is 4.58. The van der Waals surface area contributed by atoms with E-state index in [2.05, 4.69) is 30.5 Å². The van der Waals surface area contributed by atoms with E-state index in [1.165, 1.54) is 6.20 Å². The number of pyridine rings is 1. The van der Waals surface area contributed by atoms with E-state index in [-0.39, 0.29) is 10.3 Å². The van der Waals surface area contributed by atoms with Crippen molar-refractivity contribution < 1.29 is 8.42 Å². The normalized spacial score (nSPS) is 12.2. The second-order valence-electron chi connectivity index (χ2n) is 6.13. The molecule has 2 aromatic rings. The lowest BCUT2D eigenvalue weighted by Crippen LogP contribution is -2.15. The maximum absolute atomic E-state index is 12.3. The molecule has 0 radical (unpaired) electrons. The van der Waals surface area contributed by atoms with Crippen LogP contribution >= 0.6 is 0 Å². The molecule has 0 aliphatic heterocycles. The first-order valence-corrected chi connectivity index (χ1v) is 8.22. The molecule has 0 saturated carbocycles. The Morgan fingerprint density at radius 3 is 2.24 bits per heavy atom. The lowest BCUT2D eigenvalue weighted by Gasteiger charge is -2.19. The number of rotatable bonds is 3. The summed E-state index contributed by atoms with van der Waals surface area (Å²) >= 11 is 0. The molecule has 4 nitrogen and oxygen atoms in total. The minimum absolute atomic E-state index is 0.0850. The van der Waals surface area contributed by atoms with E-state index in [9.17, 15) is 8.42 Å². The average Bonchev–Trinajstić information content (AvgIpc) is 2.38. The smallest absolute Gasteiger partial charge is 0.261 e. The summed E-state index contributed by atoms with van der Waals surface area (Å²) in [5, 5.41) is 0. The van der Waals surface area contributed by atoms with Crippen molar-refractivity contribution in [1.29, 1.82) is 0 Å². The second-order valence-corrected chi connectivity index (χ2v) is 7.81. The molecule has 0 bridgehead atoms. The molecular weight excluding hydrogens is 284 g/mol. The summed E-state index contributed by atoms with van der Waals surface area (Å²) in [4.78, 5) is 4.36. The zero-order chi connectivity index (χ0) is 15.7. The highest BCUT2D eigenvalue weighted by molar-refractivity contribution is 7.92. The fourth-order valence-electron chi connectivity index (χ4n) is 1.84. The molecular formula is C16H20N2O2S. The SMILES string of the molecule is Cc1ccc(S(=O)(=O)Nc2cncc(C(C)(C)C)c2)cc1. The van der Waals surface area contributed by atoms with Crippen molar-refractivity contribution in [2.45, 2.75) is 38.0 Å². The molecule has 0 atom stereocenters. The van der Waals surface area contributed by atoms with Crippen molar-refractivity contribution in [1.82, 2.24) is 4.98 Å². The molecule has 5 heteroatoms. The van der Waals surface area contributed by atoms with Gasteiger partial charge in [0.2, 0.25) is 0 Å². The zero-order valence-corrected chi connectivity index (χ0v) is 13.5. The van der Waals surface area contributed by atoms with Crippen LogP contribution in [-0.2, 0) is 15.4 Å². The molecule has 0 aliphatic rings. The van der Waals surface area contributed by atoms with Crippen molar-refractivity contribution in [3.05, 3.63) is 53.9 Å². The maximum Gasteiger partial charge on any atom is 0.261 e. The molecule has 1 heterocycles. The number of anilines is 1. The van der Waals surface area contributed by atoms with Crippen LogP contribution in [0.5, 0.6) is 0 Å². The monoisotopic (exact) mass is 304 g/mol. The molecule has 0 amide bonds. The van der Waals surface area contributed by atoms with Gasteiger partial charge in [-0.05, 0) is 36.1 Å². The Morgan fingerprint density at radius 1 is 1.05 bits per heavy atom. The molecule has 1 aromatic carbocycles. The van der Waals surface area contributed by atoms with E-state index in [1.54, 1.807) is 30.5 Å². The van der Waals surface area contributed by atoms with Crippen LogP contribution in [0.3, 0.4) is 0 Å². The van der Waals surface area contributed by atoms with Crippen molar-refractivity contribution in [3.63, 3.8) is 0 Å². The number of aryl methyl sites for hydroxylation is 1. The van der Waals surface area contributed by atoms with Crippen LogP contribution in [0, 0.1) is 6.92 Å². The molecule has 2 rings (SSSR count). The summed E-state index contributed by atoms with van der Waals surface area (Å²) in [5.74, 6) is 0. The zero-order valence-electron chi connectivity index (χ0n) is 12.7. The minimum Gasteiger partial charge on any atom is -0.278 e. The first-order valence-electron chi connectivity index (χ1n) is 6.73. The quantitative estimate of drug-likeness (QED) is 0.944. The molecule has 21 heavy (non-hydrogen) atoms. The summed E-state index contributed by atoms with van der Waals surface area (Å²) < 4.78 is 27.2. The van der Waals surface area contributed by atoms with Crippen LogP contribution in [0.4, 0.5) is 5.69 Å². The van der Waals surface area contributed by atoms with Gasteiger partial charge in [0.25, 0.3) is 10.0 Å². The Morgan fingerprint density at radius 2 is 1.67 bits per heavy atom. The summed E-state index contributed by atoms with van der Waals surface area (Å²) in [6.45, 7) is 8.09. The average molecular weight is 304 g/mol. The van der Waals surface area contributed by atoms with Crippen LogP contribution in [-0.4, -0.2) is 13.4 Å². The van der Waals surface area contributed by atoms with E-state index in [0.29, 0.717) is 5.69 Å². The number of hydrogen-bond acceptors (Lipinski definition) is 3. The van der Waals surface area contributed by atoms with E-state index >= 15 is 0 Å². The Hall–Kier alpha value is -1.88. The van der Waals surface area contributed by atoms with Crippen LogP contribution in [0.1, 0.15) is 31.9 Å². The van der Waals surface area contributed by atoms with Gasteiger partial charge in [0.1, 0.15) is 0 Å². The largest absolute Gasteiger partial charge is 0.278 e. The Kier molecular flexibility index (Phi) is 4.05. The predicted octanol–water partition coefficient (Wildman–Crippen LogP) is 3.49. The van der Waals surface area contributed by atoms with Crippen molar-refractivity contribution in [2.24, 2.45) is 0 Å². The molecule has 1 aromatic heterocycles. The van der Waals surface area contributed by atoms with Crippen LogP contribution in [0.2, 0.25) is 0 Å². The van der Waals surface area contributed by atoms with Gasteiger partial charge in [-0.3, -0.25) is 9.71 Å². The third kappa shape index (κ3) is 3.82. The first kappa shape index (κ1) is 15.5.